The van der Waals surface area contributed by atoms with Crippen molar-refractivity contribution in [1.29, 1.82) is 0 Å². The quantitative estimate of drug-likeness (QED) is 0.746. The second kappa shape index (κ2) is 3.82. The molecule has 2 aliphatic heterocycles. The molecule has 100 valence electrons. The van der Waals surface area contributed by atoms with Gasteiger partial charge in [0.25, 0.3) is 5.79 Å². The Morgan fingerprint density at radius 3 is 2.80 bits per heavy atom. The van der Waals surface area contributed by atoms with Crippen LogP contribution < -0.4 is 0 Å². The first-order valence-electron chi connectivity index (χ1n) is 6.62. The zero-order chi connectivity index (χ0) is 13.7. The van der Waals surface area contributed by atoms with Crippen molar-refractivity contribution in [3.8, 4) is 0 Å². The number of nitrogens with zero attached hydrogens (tertiary/aromatic N) is 1. The van der Waals surface area contributed by atoms with E-state index in [1.165, 1.54) is 0 Å². The van der Waals surface area contributed by atoms with Crippen molar-refractivity contribution in [2.75, 3.05) is 0 Å². The molecule has 0 unspecified atom stereocenters. The SMILES string of the molecule is C[C@]12OC(=O)C[C@H]1N=C(c1cccc3ccccc13)O2. The molecule has 0 radical (unpaired) electrons. The summed E-state index contributed by atoms with van der Waals surface area (Å²) in [5.41, 5.74) is 0.940. The van der Waals surface area contributed by atoms with E-state index in [0.29, 0.717) is 5.90 Å². The molecule has 0 saturated carbocycles. The zero-order valence-corrected chi connectivity index (χ0v) is 11.0. The summed E-state index contributed by atoms with van der Waals surface area (Å²) in [5.74, 6) is -0.636. The third-order valence-electron chi connectivity index (χ3n) is 3.87. The van der Waals surface area contributed by atoms with E-state index in [4.69, 9.17) is 9.47 Å². The Balaban J connectivity index is 1.82. The van der Waals surface area contributed by atoms with Crippen LogP contribution in [0.4, 0.5) is 0 Å². The molecule has 2 atom stereocenters. The van der Waals surface area contributed by atoms with Gasteiger partial charge in [0.2, 0.25) is 5.90 Å². The lowest BCUT2D eigenvalue weighted by Gasteiger charge is -2.21. The van der Waals surface area contributed by atoms with E-state index in [1.54, 1.807) is 6.92 Å². The van der Waals surface area contributed by atoms with Crippen molar-refractivity contribution in [2.24, 2.45) is 4.99 Å². The fraction of sp³-hybridized carbons (Fsp3) is 0.250. The van der Waals surface area contributed by atoms with Gasteiger partial charge in [-0.15, -0.1) is 0 Å². The third-order valence-corrected chi connectivity index (χ3v) is 3.87. The molecule has 2 heterocycles. The van der Waals surface area contributed by atoms with Crippen LogP contribution in [0.1, 0.15) is 18.9 Å². The van der Waals surface area contributed by atoms with E-state index in [9.17, 15) is 4.79 Å². The fourth-order valence-electron chi connectivity index (χ4n) is 2.83. The maximum Gasteiger partial charge on any atom is 0.311 e. The molecule has 0 aromatic heterocycles. The highest BCUT2D eigenvalue weighted by Gasteiger charge is 2.53. The Bertz CT molecular complexity index is 747. The van der Waals surface area contributed by atoms with Gasteiger partial charge in [0.15, 0.2) is 0 Å². The first-order chi connectivity index (χ1) is 9.66. The molecule has 1 saturated heterocycles. The lowest BCUT2D eigenvalue weighted by molar-refractivity contribution is -0.173. The van der Waals surface area contributed by atoms with E-state index in [0.717, 1.165) is 16.3 Å². The van der Waals surface area contributed by atoms with Crippen LogP contribution in [0.5, 0.6) is 0 Å². The van der Waals surface area contributed by atoms with Crippen molar-refractivity contribution in [2.45, 2.75) is 25.2 Å². The number of aliphatic imine (C=N–C) groups is 1. The Kier molecular flexibility index (Phi) is 2.19. The number of benzene rings is 2. The maximum absolute atomic E-state index is 11.3. The van der Waals surface area contributed by atoms with Crippen LogP contribution in [-0.2, 0) is 14.3 Å². The van der Waals surface area contributed by atoms with Crippen molar-refractivity contribution in [1.82, 2.24) is 0 Å². The highest BCUT2D eigenvalue weighted by atomic mass is 16.7. The number of esters is 1. The van der Waals surface area contributed by atoms with Gasteiger partial charge < -0.3 is 9.47 Å². The summed E-state index contributed by atoms with van der Waals surface area (Å²) < 4.78 is 11.1. The minimum atomic E-state index is -0.941. The largest absolute Gasteiger partial charge is 0.433 e. The first-order valence-corrected chi connectivity index (χ1v) is 6.62. The second-order valence-electron chi connectivity index (χ2n) is 5.27. The molecule has 0 bridgehead atoms. The highest BCUT2D eigenvalue weighted by Crippen LogP contribution is 2.37. The van der Waals surface area contributed by atoms with Crippen LogP contribution in [0.15, 0.2) is 47.5 Å². The fourth-order valence-corrected chi connectivity index (χ4v) is 2.83. The second-order valence-corrected chi connectivity index (χ2v) is 5.27. The molecule has 4 rings (SSSR count). The average molecular weight is 267 g/mol. The van der Waals surface area contributed by atoms with Crippen LogP contribution in [0.3, 0.4) is 0 Å². The molecule has 4 nitrogen and oxygen atoms in total. The molecule has 4 heteroatoms. The summed E-state index contributed by atoms with van der Waals surface area (Å²) in [7, 11) is 0. The first kappa shape index (κ1) is 11.5. The van der Waals surface area contributed by atoms with E-state index in [1.807, 2.05) is 30.3 Å². The summed E-state index contributed by atoms with van der Waals surface area (Å²) in [5, 5.41) is 2.22. The third kappa shape index (κ3) is 1.54. The molecule has 1 fully saturated rings. The topological polar surface area (TPSA) is 47.9 Å². The monoisotopic (exact) mass is 267 g/mol. The van der Waals surface area contributed by atoms with Gasteiger partial charge >= 0.3 is 5.97 Å². The van der Waals surface area contributed by atoms with Gasteiger partial charge in [-0.25, -0.2) is 4.99 Å². The predicted octanol–water partition coefficient (Wildman–Crippen LogP) is 2.65. The van der Waals surface area contributed by atoms with Gasteiger partial charge in [-0.3, -0.25) is 4.79 Å². The molecule has 2 aromatic carbocycles. The lowest BCUT2D eigenvalue weighted by atomic mass is 10.0. The lowest BCUT2D eigenvalue weighted by Crippen LogP contribution is -2.34. The number of ether oxygens (including phenoxy) is 2. The molecule has 2 aliphatic rings. The van der Waals surface area contributed by atoms with Crippen molar-refractivity contribution >= 4 is 22.6 Å². The van der Waals surface area contributed by atoms with Gasteiger partial charge in [0, 0.05) is 12.5 Å². The Morgan fingerprint density at radius 1 is 1.15 bits per heavy atom. The van der Waals surface area contributed by atoms with Crippen LogP contribution in [0, 0.1) is 0 Å². The molecular formula is C16H13NO3. The van der Waals surface area contributed by atoms with Gasteiger partial charge in [0.1, 0.15) is 6.04 Å². The number of fused-ring (bicyclic) bond motifs is 2. The van der Waals surface area contributed by atoms with E-state index in [2.05, 4.69) is 17.1 Å². The standard InChI is InChI=1S/C16H13NO3/c1-16-13(9-14(18)19-16)17-15(20-16)12-8-4-6-10-5-2-3-7-11(10)12/h2-8,13H,9H2,1H3/t13-,16-/m1/s1. The maximum atomic E-state index is 11.3. The summed E-state index contributed by atoms with van der Waals surface area (Å²) in [6.45, 7) is 1.77. The van der Waals surface area contributed by atoms with Crippen molar-refractivity contribution in [3.63, 3.8) is 0 Å². The average Bonchev–Trinajstić information content (AvgIpc) is 2.88. The van der Waals surface area contributed by atoms with Crippen LogP contribution in [-0.4, -0.2) is 23.7 Å². The molecule has 0 spiro atoms. The van der Waals surface area contributed by atoms with Gasteiger partial charge in [-0.2, -0.15) is 0 Å². The van der Waals surface area contributed by atoms with E-state index in [-0.39, 0.29) is 18.4 Å². The smallest absolute Gasteiger partial charge is 0.311 e. The summed E-state index contributed by atoms with van der Waals surface area (Å²) >= 11 is 0. The Labute approximate surface area is 116 Å². The predicted molar refractivity (Wildman–Crippen MR) is 74.5 cm³/mol. The summed E-state index contributed by atoms with van der Waals surface area (Å²) in [4.78, 5) is 15.9. The van der Waals surface area contributed by atoms with E-state index >= 15 is 0 Å². The van der Waals surface area contributed by atoms with Crippen LogP contribution >= 0.6 is 0 Å². The number of rotatable bonds is 1. The Morgan fingerprint density at radius 2 is 1.95 bits per heavy atom. The van der Waals surface area contributed by atoms with Gasteiger partial charge in [-0.1, -0.05) is 36.4 Å². The molecule has 0 N–H and O–H groups in total. The number of carbonyl (C=O) groups excluding carboxylic acids is 1. The number of hydrogen-bond acceptors (Lipinski definition) is 4. The number of hydrogen-bond donors (Lipinski definition) is 0. The molecule has 20 heavy (non-hydrogen) atoms. The molecule has 0 aliphatic carbocycles. The van der Waals surface area contributed by atoms with Crippen molar-refractivity contribution < 1.29 is 14.3 Å². The molecule has 2 aromatic rings. The highest BCUT2D eigenvalue weighted by molar-refractivity contribution is 6.08. The Hall–Kier alpha value is -2.36. The van der Waals surface area contributed by atoms with E-state index < -0.39 is 5.79 Å². The van der Waals surface area contributed by atoms with Gasteiger partial charge in [-0.05, 0) is 16.8 Å². The zero-order valence-electron chi connectivity index (χ0n) is 11.0. The molecule has 0 amide bonds. The van der Waals surface area contributed by atoms with Crippen LogP contribution in [0.25, 0.3) is 10.8 Å². The number of carbonyl (C=O) groups is 1. The minimum Gasteiger partial charge on any atom is -0.433 e. The molecular weight excluding hydrogens is 254 g/mol. The van der Waals surface area contributed by atoms with Gasteiger partial charge in [0.05, 0.1) is 6.42 Å². The summed E-state index contributed by atoms with van der Waals surface area (Å²) in [6, 6.07) is 13.8. The van der Waals surface area contributed by atoms with Crippen LogP contribution in [0.2, 0.25) is 0 Å². The van der Waals surface area contributed by atoms with Crippen molar-refractivity contribution in [3.05, 3.63) is 48.0 Å². The minimum absolute atomic E-state index is 0.246. The normalized spacial score (nSPS) is 27.9. The summed E-state index contributed by atoms with van der Waals surface area (Å²) in [6.07, 6.45) is 0.283.